The Labute approximate surface area is 107 Å². The first-order valence-corrected chi connectivity index (χ1v) is 5.80. The first-order valence-electron chi connectivity index (χ1n) is 5.80. The molecule has 1 aromatic rings. The maximum Gasteiger partial charge on any atom is 0.412 e. The maximum atomic E-state index is 11.7. The van der Waals surface area contributed by atoms with Gasteiger partial charge in [-0.2, -0.15) is 0 Å². The van der Waals surface area contributed by atoms with Crippen LogP contribution >= 0.6 is 0 Å². The van der Waals surface area contributed by atoms with Crippen molar-refractivity contribution >= 4 is 17.6 Å². The highest BCUT2D eigenvalue weighted by Gasteiger charge is 2.18. The third-order valence-electron chi connectivity index (χ3n) is 2.08. The summed E-state index contributed by atoms with van der Waals surface area (Å²) in [6.45, 7) is 7.08. The Morgan fingerprint density at radius 2 is 2.06 bits per heavy atom. The highest BCUT2D eigenvalue weighted by molar-refractivity contribution is 6.03. The summed E-state index contributed by atoms with van der Waals surface area (Å²) < 4.78 is 5.12. The first-order chi connectivity index (χ1) is 8.33. The van der Waals surface area contributed by atoms with Gasteiger partial charge in [0.05, 0.1) is 11.9 Å². The molecular weight excluding hydrogens is 232 g/mol. The first kappa shape index (κ1) is 14.2. The molecule has 1 rings (SSSR count). The number of aromatic nitrogens is 1. The topological polar surface area (TPSA) is 68.3 Å². The van der Waals surface area contributed by atoms with E-state index in [0.717, 1.165) is 0 Å². The summed E-state index contributed by atoms with van der Waals surface area (Å²) in [4.78, 5) is 27.2. The number of Topliss-reactive ketones (excluding diaryl/α,β-unsaturated/α-hetero) is 1. The molecule has 0 aliphatic heterocycles. The Bertz CT molecular complexity index is 450. The average molecular weight is 250 g/mol. The Morgan fingerprint density at radius 3 is 2.61 bits per heavy atom. The lowest BCUT2D eigenvalue weighted by Gasteiger charge is -2.20. The van der Waals surface area contributed by atoms with E-state index in [1.165, 1.54) is 12.4 Å². The van der Waals surface area contributed by atoms with E-state index in [2.05, 4.69) is 10.3 Å². The van der Waals surface area contributed by atoms with Crippen molar-refractivity contribution in [2.24, 2.45) is 0 Å². The van der Waals surface area contributed by atoms with Crippen molar-refractivity contribution in [3.05, 3.63) is 24.0 Å². The highest BCUT2D eigenvalue weighted by atomic mass is 16.6. The maximum absolute atomic E-state index is 11.7. The van der Waals surface area contributed by atoms with Crippen LogP contribution in [-0.4, -0.2) is 22.5 Å². The zero-order valence-electron chi connectivity index (χ0n) is 11.1. The molecular formula is C13H18N2O3. The van der Waals surface area contributed by atoms with Crippen LogP contribution in [0.2, 0.25) is 0 Å². The fourth-order valence-electron chi connectivity index (χ4n) is 1.34. The molecule has 0 saturated heterocycles. The summed E-state index contributed by atoms with van der Waals surface area (Å²) in [7, 11) is 0. The van der Waals surface area contributed by atoms with Crippen LogP contribution in [0.25, 0.3) is 0 Å². The summed E-state index contributed by atoms with van der Waals surface area (Å²) in [6, 6.07) is 1.58. The van der Waals surface area contributed by atoms with Gasteiger partial charge in [-0.1, -0.05) is 6.92 Å². The molecule has 0 aromatic carbocycles. The van der Waals surface area contributed by atoms with Crippen molar-refractivity contribution in [2.45, 2.75) is 39.7 Å². The number of nitrogens with one attached hydrogen (secondary N) is 1. The number of anilines is 1. The van der Waals surface area contributed by atoms with Crippen LogP contribution in [0, 0.1) is 0 Å². The van der Waals surface area contributed by atoms with Gasteiger partial charge in [0.1, 0.15) is 5.60 Å². The second-order valence-corrected chi connectivity index (χ2v) is 4.82. The van der Waals surface area contributed by atoms with E-state index in [4.69, 9.17) is 4.74 Å². The quantitative estimate of drug-likeness (QED) is 0.837. The molecule has 0 bridgehead atoms. The number of hydrogen-bond donors (Lipinski definition) is 1. The van der Waals surface area contributed by atoms with Gasteiger partial charge < -0.3 is 4.74 Å². The number of rotatable bonds is 3. The molecule has 1 N–H and O–H groups in total. The fraction of sp³-hybridized carbons (Fsp3) is 0.462. The smallest absolute Gasteiger partial charge is 0.412 e. The zero-order chi connectivity index (χ0) is 13.8. The van der Waals surface area contributed by atoms with E-state index in [-0.39, 0.29) is 5.78 Å². The molecule has 0 aliphatic carbocycles. The summed E-state index contributed by atoms with van der Waals surface area (Å²) in [5.74, 6) is -0.0524. The van der Waals surface area contributed by atoms with E-state index in [0.29, 0.717) is 17.7 Å². The number of hydrogen-bond acceptors (Lipinski definition) is 4. The van der Waals surface area contributed by atoms with Crippen LogP contribution in [-0.2, 0) is 4.74 Å². The van der Waals surface area contributed by atoms with Gasteiger partial charge in [0.2, 0.25) is 0 Å². The van der Waals surface area contributed by atoms with Gasteiger partial charge in [-0.3, -0.25) is 15.1 Å². The van der Waals surface area contributed by atoms with Gasteiger partial charge in [-0.05, 0) is 26.8 Å². The van der Waals surface area contributed by atoms with Crippen molar-refractivity contribution in [1.29, 1.82) is 0 Å². The number of ketones is 1. The highest BCUT2D eigenvalue weighted by Crippen LogP contribution is 2.17. The van der Waals surface area contributed by atoms with Crippen molar-refractivity contribution in [1.82, 2.24) is 4.98 Å². The van der Waals surface area contributed by atoms with Gasteiger partial charge in [0.25, 0.3) is 0 Å². The number of carbonyl (C=O) groups excluding carboxylic acids is 2. The van der Waals surface area contributed by atoms with E-state index in [9.17, 15) is 9.59 Å². The van der Waals surface area contributed by atoms with Crippen molar-refractivity contribution in [2.75, 3.05) is 5.32 Å². The molecule has 98 valence electrons. The van der Waals surface area contributed by atoms with Gasteiger partial charge >= 0.3 is 6.09 Å². The number of ether oxygens (including phenoxy) is 1. The van der Waals surface area contributed by atoms with E-state index in [1.807, 2.05) is 0 Å². The molecule has 0 aliphatic rings. The number of carbonyl (C=O) groups is 2. The second-order valence-electron chi connectivity index (χ2n) is 4.82. The van der Waals surface area contributed by atoms with E-state index >= 15 is 0 Å². The standard InChI is InChI=1S/C13H18N2O3/c1-5-11(16)9-6-7-14-8-10(9)15-12(17)18-13(2,3)4/h6-8H,5H2,1-4H3,(H,15,17). The molecule has 0 saturated carbocycles. The summed E-state index contributed by atoms with van der Waals surface area (Å²) in [6.07, 6.45) is 2.73. The van der Waals surface area contributed by atoms with Gasteiger partial charge in [-0.15, -0.1) is 0 Å². The summed E-state index contributed by atoms with van der Waals surface area (Å²) in [5.41, 5.74) is 0.235. The molecule has 5 nitrogen and oxygen atoms in total. The van der Waals surface area contributed by atoms with Crippen molar-refractivity contribution in [3.8, 4) is 0 Å². The Morgan fingerprint density at radius 1 is 1.39 bits per heavy atom. The number of amides is 1. The van der Waals surface area contributed by atoms with Crippen molar-refractivity contribution in [3.63, 3.8) is 0 Å². The van der Waals surface area contributed by atoms with Gasteiger partial charge in [0.15, 0.2) is 5.78 Å². The zero-order valence-corrected chi connectivity index (χ0v) is 11.1. The number of pyridine rings is 1. The van der Waals surface area contributed by atoms with E-state index < -0.39 is 11.7 Å². The molecule has 0 spiro atoms. The lowest BCUT2D eigenvalue weighted by molar-refractivity contribution is 0.0636. The molecule has 0 unspecified atom stereocenters. The second kappa shape index (κ2) is 5.62. The molecule has 1 amide bonds. The van der Waals surface area contributed by atoms with Crippen LogP contribution < -0.4 is 5.32 Å². The molecule has 5 heteroatoms. The Kier molecular flexibility index (Phi) is 4.42. The molecule has 0 fully saturated rings. The molecule has 1 aromatic heterocycles. The third-order valence-corrected chi connectivity index (χ3v) is 2.08. The van der Waals surface area contributed by atoms with Crippen LogP contribution in [0.15, 0.2) is 18.5 Å². The fourth-order valence-corrected chi connectivity index (χ4v) is 1.34. The van der Waals surface area contributed by atoms with Gasteiger partial charge in [0, 0.05) is 18.2 Å². The predicted molar refractivity (Wildman–Crippen MR) is 68.7 cm³/mol. The number of nitrogens with zero attached hydrogens (tertiary/aromatic N) is 1. The minimum absolute atomic E-state index is 0.0524. The Hall–Kier alpha value is -1.91. The van der Waals surface area contributed by atoms with Crippen molar-refractivity contribution < 1.29 is 14.3 Å². The largest absolute Gasteiger partial charge is 0.444 e. The average Bonchev–Trinajstić information content (AvgIpc) is 2.26. The molecule has 0 radical (unpaired) electrons. The molecule has 0 atom stereocenters. The summed E-state index contributed by atoms with van der Waals surface area (Å²) in [5, 5.41) is 2.54. The van der Waals surface area contributed by atoms with E-state index in [1.54, 1.807) is 33.8 Å². The molecule has 18 heavy (non-hydrogen) atoms. The van der Waals surface area contributed by atoms with Gasteiger partial charge in [-0.25, -0.2) is 4.79 Å². The SMILES string of the molecule is CCC(=O)c1ccncc1NC(=O)OC(C)(C)C. The molecule has 1 heterocycles. The Balaban J connectivity index is 2.85. The predicted octanol–water partition coefficient (Wildman–Crippen LogP) is 3.02. The van der Waals surface area contributed by atoms with Crippen LogP contribution in [0.1, 0.15) is 44.5 Å². The minimum Gasteiger partial charge on any atom is -0.444 e. The van der Waals surface area contributed by atoms with Crippen LogP contribution in [0.4, 0.5) is 10.5 Å². The normalized spacial score (nSPS) is 10.9. The monoisotopic (exact) mass is 250 g/mol. The minimum atomic E-state index is -0.597. The lowest BCUT2D eigenvalue weighted by atomic mass is 10.1. The third kappa shape index (κ3) is 4.16. The van der Waals surface area contributed by atoms with Crippen LogP contribution in [0.5, 0.6) is 0 Å². The van der Waals surface area contributed by atoms with Crippen LogP contribution in [0.3, 0.4) is 0 Å². The summed E-state index contributed by atoms with van der Waals surface area (Å²) >= 11 is 0. The lowest BCUT2D eigenvalue weighted by Crippen LogP contribution is -2.27.